The molecule has 0 unspecified atom stereocenters. The first-order valence-electron chi connectivity index (χ1n) is 5.30. The molecule has 0 bridgehead atoms. The van der Waals surface area contributed by atoms with E-state index in [1.54, 1.807) is 19.1 Å². The number of rotatable bonds is 3. The third-order valence-corrected chi connectivity index (χ3v) is 2.89. The van der Waals surface area contributed by atoms with Crippen molar-refractivity contribution in [2.24, 2.45) is 0 Å². The average molecular weight is 268 g/mol. The molecule has 6 heteroatoms. The van der Waals surface area contributed by atoms with Gasteiger partial charge >= 0.3 is 0 Å². The Morgan fingerprint density at radius 3 is 3.00 bits per heavy atom. The average Bonchev–Trinajstić information content (AvgIpc) is 2.35. The van der Waals surface area contributed by atoms with Crippen LogP contribution in [0.25, 0.3) is 0 Å². The number of nitrogens with zero attached hydrogens (tertiary/aromatic N) is 1. The Bertz CT molecular complexity index is 627. The third-order valence-electron chi connectivity index (χ3n) is 2.51. The lowest BCUT2D eigenvalue weighted by Gasteiger charge is -2.07. The second-order valence-corrected chi connectivity index (χ2v) is 4.24. The molecule has 2 N–H and O–H groups in total. The van der Waals surface area contributed by atoms with Gasteiger partial charge in [0.2, 0.25) is 0 Å². The highest BCUT2D eigenvalue weighted by Gasteiger charge is 2.05. The maximum Gasteiger partial charge on any atom is 0.285 e. The Morgan fingerprint density at radius 1 is 1.50 bits per heavy atom. The molecule has 1 heterocycles. The minimum absolute atomic E-state index is 0.0394. The highest BCUT2D eigenvalue weighted by Crippen LogP contribution is 2.16. The molecule has 4 nitrogen and oxygen atoms in total. The molecule has 1 aromatic heterocycles. The van der Waals surface area contributed by atoms with Gasteiger partial charge < -0.3 is 5.32 Å². The first-order chi connectivity index (χ1) is 8.58. The van der Waals surface area contributed by atoms with Gasteiger partial charge in [-0.2, -0.15) is 5.10 Å². The SMILES string of the molecule is Cc1ccc(CNc2cn[nH]c(=O)c2Cl)cc1F. The van der Waals surface area contributed by atoms with Crippen molar-refractivity contribution in [1.82, 2.24) is 10.2 Å². The zero-order chi connectivity index (χ0) is 13.1. The summed E-state index contributed by atoms with van der Waals surface area (Å²) in [5, 5.41) is 8.82. The number of hydrogen-bond donors (Lipinski definition) is 2. The molecule has 2 aromatic rings. The molecule has 0 atom stereocenters. The highest BCUT2D eigenvalue weighted by molar-refractivity contribution is 6.32. The molecular formula is C12H11ClFN3O. The van der Waals surface area contributed by atoms with Crippen LogP contribution in [0.1, 0.15) is 11.1 Å². The van der Waals surface area contributed by atoms with E-state index in [0.29, 0.717) is 17.8 Å². The number of nitrogens with one attached hydrogen (secondary N) is 2. The summed E-state index contributed by atoms with van der Waals surface area (Å²) in [6.45, 7) is 2.06. The van der Waals surface area contributed by atoms with Gasteiger partial charge in [0.1, 0.15) is 10.8 Å². The predicted molar refractivity (Wildman–Crippen MR) is 68.3 cm³/mol. The van der Waals surface area contributed by atoms with Crippen molar-refractivity contribution in [3.63, 3.8) is 0 Å². The summed E-state index contributed by atoms with van der Waals surface area (Å²) in [7, 11) is 0. The molecule has 0 amide bonds. The van der Waals surface area contributed by atoms with E-state index in [2.05, 4.69) is 15.5 Å². The van der Waals surface area contributed by atoms with Crippen LogP contribution in [0.2, 0.25) is 5.02 Å². The fourth-order valence-electron chi connectivity index (χ4n) is 1.45. The van der Waals surface area contributed by atoms with Crippen LogP contribution in [0.5, 0.6) is 0 Å². The van der Waals surface area contributed by atoms with E-state index < -0.39 is 5.56 Å². The van der Waals surface area contributed by atoms with Crippen molar-refractivity contribution in [2.75, 3.05) is 5.32 Å². The maximum atomic E-state index is 13.3. The molecular weight excluding hydrogens is 257 g/mol. The van der Waals surface area contributed by atoms with Gasteiger partial charge in [0, 0.05) is 6.54 Å². The minimum atomic E-state index is -0.461. The second-order valence-electron chi connectivity index (χ2n) is 3.86. The van der Waals surface area contributed by atoms with Crippen LogP contribution in [-0.2, 0) is 6.54 Å². The molecule has 0 radical (unpaired) electrons. The summed E-state index contributed by atoms with van der Waals surface area (Å²) >= 11 is 5.80. The maximum absolute atomic E-state index is 13.3. The Hall–Kier alpha value is -1.88. The lowest BCUT2D eigenvalue weighted by atomic mass is 10.1. The minimum Gasteiger partial charge on any atom is -0.378 e. The number of aromatic amines is 1. The largest absolute Gasteiger partial charge is 0.378 e. The molecule has 0 spiro atoms. The third kappa shape index (κ3) is 2.68. The van der Waals surface area contributed by atoms with Gasteiger partial charge in [-0.15, -0.1) is 0 Å². The molecule has 0 saturated heterocycles. The molecule has 1 aromatic carbocycles. The van der Waals surface area contributed by atoms with Crippen molar-refractivity contribution >= 4 is 17.3 Å². The summed E-state index contributed by atoms with van der Waals surface area (Å²) in [4.78, 5) is 11.2. The number of aryl methyl sites for hydroxylation is 1. The van der Waals surface area contributed by atoms with Gasteiger partial charge in [-0.3, -0.25) is 4.79 Å². The first-order valence-corrected chi connectivity index (χ1v) is 5.68. The van der Waals surface area contributed by atoms with Crippen LogP contribution in [0.3, 0.4) is 0 Å². The molecule has 0 fully saturated rings. The number of benzene rings is 1. The summed E-state index contributed by atoms with van der Waals surface area (Å²) in [5.41, 5.74) is 1.31. The van der Waals surface area contributed by atoms with Crippen molar-refractivity contribution in [3.05, 3.63) is 56.7 Å². The first kappa shape index (κ1) is 12.6. The summed E-state index contributed by atoms with van der Waals surface area (Å²) in [6, 6.07) is 4.95. The molecule has 0 aliphatic carbocycles. The van der Waals surface area contributed by atoms with E-state index in [1.807, 2.05) is 0 Å². The smallest absolute Gasteiger partial charge is 0.285 e. The zero-order valence-corrected chi connectivity index (χ0v) is 10.4. The van der Waals surface area contributed by atoms with Gasteiger partial charge in [-0.1, -0.05) is 23.7 Å². The monoisotopic (exact) mass is 267 g/mol. The van der Waals surface area contributed by atoms with Crippen molar-refractivity contribution in [2.45, 2.75) is 13.5 Å². The number of H-pyrrole nitrogens is 1. The normalized spacial score (nSPS) is 10.4. The van der Waals surface area contributed by atoms with E-state index >= 15 is 0 Å². The quantitative estimate of drug-likeness (QED) is 0.898. The van der Waals surface area contributed by atoms with Crippen LogP contribution in [0.15, 0.2) is 29.2 Å². The highest BCUT2D eigenvalue weighted by atomic mass is 35.5. The lowest BCUT2D eigenvalue weighted by molar-refractivity contribution is 0.616. The van der Waals surface area contributed by atoms with E-state index in [-0.39, 0.29) is 10.8 Å². The van der Waals surface area contributed by atoms with Crippen molar-refractivity contribution in [3.8, 4) is 0 Å². The number of aromatic nitrogens is 2. The Morgan fingerprint density at radius 2 is 2.28 bits per heavy atom. The summed E-state index contributed by atoms with van der Waals surface area (Å²) < 4.78 is 13.3. The topological polar surface area (TPSA) is 57.8 Å². The second kappa shape index (κ2) is 5.18. The summed E-state index contributed by atoms with van der Waals surface area (Å²) in [6.07, 6.45) is 1.41. The van der Waals surface area contributed by atoms with Gasteiger partial charge in [0.25, 0.3) is 5.56 Å². The van der Waals surface area contributed by atoms with Crippen molar-refractivity contribution in [1.29, 1.82) is 0 Å². The Balaban J connectivity index is 2.14. The van der Waals surface area contributed by atoms with Crippen LogP contribution in [0.4, 0.5) is 10.1 Å². The Kier molecular flexibility index (Phi) is 3.62. The van der Waals surface area contributed by atoms with Crippen LogP contribution >= 0.6 is 11.6 Å². The number of hydrogen-bond acceptors (Lipinski definition) is 3. The molecule has 0 aliphatic heterocycles. The standard InChI is InChI=1S/C12H11ClFN3O/c1-7-2-3-8(4-9(7)14)5-15-10-6-16-17-12(18)11(10)13/h2-4,6H,5H2,1H3,(H2,15,17,18). The van der Waals surface area contributed by atoms with Crippen molar-refractivity contribution < 1.29 is 4.39 Å². The number of halogens is 2. The van der Waals surface area contributed by atoms with Gasteiger partial charge in [0.05, 0.1) is 11.9 Å². The van der Waals surface area contributed by atoms with Gasteiger partial charge in [-0.25, -0.2) is 9.49 Å². The predicted octanol–water partition coefficient (Wildman–Crippen LogP) is 2.48. The molecule has 18 heavy (non-hydrogen) atoms. The van der Waals surface area contributed by atoms with Gasteiger partial charge in [0.15, 0.2) is 0 Å². The molecule has 2 rings (SSSR count). The zero-order valence-electron chi connectivity index (χ0n) is 9.63. The molecule has 94 valence electrons. The van der Waals surface area contributed by atoms with E-state index in [9.17, 15) is 9.18 Å². The van der Waals surface area contributed by atoms with Crippen LogP contribution < -0.4 is 10.9 Å². The van der Waals surface area contributed by atoms with Crippen LogP contribution in [0, 0.1) is 12.7 Å². The van der Waals surface area contributed by atoms with Gasteiger partial charge in [-0.05, 0) is 24.1 Å². The fourth-order valence-corrected chi connectivity index (χ4v) is 1.61. The molecule has 0 saturated carbocycles. The fraction of sp³-hybridized carbons (Fsp3) is 0.167. The Labute approximate surface area is 108 Å². The molecule has 0 aliphatic rings. The number of anilines is 1. The lowest BCUT2D eigenvalue weighted by Crippen LogP contribution is -2.11. The van der Waals surface area contributed by atoms with E-state index in [4.69, 9.17) is 11.6 Å². The van der Waals surface area contributed by atoms with Crippen LogP contribution in [-0.4, -0.2) is 10.2 Å². The summed E-state index contributed by atoms with van der Waals surface area (Å²) in [5.74, 6) is -0.260. The van der Waals surface area contributed by atoms with E-state index in [1.165, 1.54) is 12.3 Å². The van der Waals surface area contributed by atoms with E-state index in [0.717, 1.165) is 5.56 Å².